The second kappa shape index (κ2) is 4.73. The molecular weight excluding hydrogens is 222 g/mol. The average Bonchev–Trinajstić information content (AvgIpc) is 2.64. The van der Waals surface area contributed by atoms with E-state index in [1.54, 1.807) is 0 Å². The minimum absolute atomic E-state index is 0.640. The van der Waals surface area contributed by atoms with Crippen LogP contribution in [0.25, 0.3) is 0 Å². The first kappa shape index (κ1) is 11.7. The van der Waals surface area contributed by atoms with Gasteiger partial charge >= 0.3 is 0 Å². The lowest BCUT2D eigenvalue weighted by Crippen LogP contribution is -2.39. The van der Waals surface area contributed by atoms with Gasteiger partial charge in [-0.3, -0.25) is 10.3 Å². The van der Waals surface area contributed by atoms with Crippen LogP contribution >= 0.6 is 0 Å². The van der Waals surface area contributed by atoms with Gasteiger partial charge in [0.25, 0.3) is 0 Å². The summed E-state index contributed by atoms with van der Waals surface area (Å²) in [5.41, 5.74) is 1.04. The summed E-state index contributed by atoms with van der Waals surface area (Å²) < 4.78 is 0. The molecule has 0 amide bonds. The fraction of sp³-hybridized carbons (Fsp3) is 0.533. The van der Waals surface area contributed by atoms with Crippen LogP contribution in [-0.2, 0) is 0 Å². The molecule has 0 spiro atoms. The molecule has 96 valence electrons. The minimum atomic E-state index is 0.640. The quantitative estimate of drug-likeness (QED) is 0.605. The van der Waals surface area contributed by atoms with E-state index >= 15 is 0 Å². The van der Waals surface area contributed by atoms with E-state index in [0.29, 0.717) is 11.9 Å². The number of likely N-dealkylation sites (N-methyl/N-ethyl adjacent to an activating group) is 1. The van der Waals surface area contributed by atoms with Gasteiger partial charge in [0.15, 0.2) is 0 Å². The number of nitrogens with one attached hydrogen (secondary N) is 1. The zero-order valence-electron chi connectivity index (χ0n) is 11.0. The Morgan fingerprint density at radius 1 is 1.11 bits per heavy atom. The highest BCUT2D eigenvalue weighted by Gasteiger charge is 2.35. The van der Waals surface area contributed by atoms with E-state index in [2.05, 4.69) is 16.8 Å². The van der Waals surface area contributed by atoms with Crippen molar-refractivity contribution in [3.8, 4) is 0 Å². The molecule has 3 rings (SSSR count). The lowest BCUT2D eigenvalue weighted by atomic mass is 10.1. The van der Waals surface area contributed by atoms with Crippen molar-refractivity contribution in [3.05, 3.63) is 35.9 Å². The van der Waals surface area contributed by atoms with Crippen molar-refractivity contribution in [1.82, 2.24) is 9.80 Å². The maximum atomic E-state index is 8.37. The summed E-state index contributed by atoms with van der Waals surface area (Å²) in [4.78, 5) is 4.79. The third-order valence-corrected chi connectivity index (χ3v) is 4.51. The molecule has 2 heterocycles. The van der Waals surface area contributed by atoms with E-state index in [1.807, 2.05) is 30.3 Å². The Morgan fingerprint density at radius 3 is 2.61 bits per heavy atom. The fourth-order valence-electron chi connectivity index (χ4n) is 3.29. The number of hydrogen-bond donors (Lipinski definition) is 1. The van der Waals surface area contributed by atoms with Crippen LogP contribution in [0.3, 0.4) is 0 Å². The van der Waals surface area contributed by atoms with Gasteiger partial charge in [0.1, 0.15) is 5.84 Å². The second-order valence-corrected chi connectivity index (χ2v) is 5.50. The third-order valence-electron chi connectivity index (χ3n) is 4.51. The monoisotopic (exact) mass is 243 g/mol. The Balaban J connectivity index is 1.76. The van der Waals surface area contributed by atoms with Crippen molar-refractivity contribution in [2.45, 2.75) is 31.3 Å². The number of hydrogen-bond acceptors (Lipinski definition) is 2. The fourth-order valence-corrected chi connectivity index (χ4v) is 3.29. The lowest BCUT2D eigenvalue weighted by molar-refractivity contribution is 0.245. The number of fused-ring (bicyclic) bond motifs is 2. The van der Waals surface area contributed by atoms with Crippen molar-refractivity contribution in [2.24, 2.45) is 0 Å². The number of amidine groups is 1. The molecule has 2 aliphatic rings. The first-order valence-corrected chi connectivity index (χ1v) is 6.86. The van der Waals surface area contributed by atoms with E-state index < -0.39 is 0 Å². The topological polar surface area (TPSA) is 30.3 Å². The zero-order valence-corrected chi connectivity index (χ0v) is 11.0. The molecule has 2 aliphatic heterocycles. The Kier molecular flexibility index (Phi) is 3.08. The van der Waals surface area contributed by atoms with Crippen molar-refractivity contribution in [2.75, 3.05) is 20.1 Å². The molecule has 1 N–H and O–H groups in total. The molecule has 2 fully saturated rings. The van der Waals surface area contributed by atoms with Crippen LogP contribution < -0.4 is 0 Å². The molecule has 2 atom stereocenters. The number of rotatable bonds is 1. The van der Waals surface area contributed by atoms with Crippen molar-refractivity contribution in [3.63, 3.8) is 0 Å². The highest BCUT2D eigenvalue weighted by Crippen LogP contribution is 2.28. The first-order valence-electron chi connectivity index (χ1n) is 6.86. The first-order chi connectivity index (χ1) is 8.75. The van der Waals surface area contributed by atoms with Gasteiger partial charge in [-0.2, -0.15) is 0 Å². The maximum absolute atomic E-state index is 8.37. The Morgan fingerprint density at radius 2 is 1.83 bits per heavy atom. The largest absolute Gasteiger partial charge is 0.355 e. The molecule has 1 aromatic carbocycles. The Bertz CT molecular complexity index is 429. The van der Waals surface area contributed by atoms with Gasteiger partial charge in [0, 0.05) is 30.7 Å². The van der Waals surface area contributed by atoms with Gasteiger partial charge in [-0.25, -0.2) is 0 Å². The molecule has 3 nitrogen and oxygen atoms in total. The van der Waals surface area contributed by atoms with Crippen molar-refractivity contribution >= 4 is 5.84 Å². The minimum Gasteiger partial charge on any atom is -0.355 e. The van der Waals surface area contributed by atoms with E-state index in [0.717, 1.165) is 24.7 Å². The Labute approximate surface area is 109 Å². The summed E-state index contributed by atoms with van der Waals surface area (Å²) >= 11 is 0. The molecule has 2 unspecified atom stereocenters. The highest BCUT2D eigenvalue weighted by molar-refractivity contribution is 5.96. The summed E-state index contributed by atoms with van der Waals surface area (Å²) in [5.74, 6) is 0.691. The molecule has 18 heavy (non-hydrogen) atoms. The maximum Gasteiger partial charge on any atom is 0.128 e. The molecule has 0 aromatic heterocycles. The second-order valence-electron chi connectivity index (χ2n) is 5.50. The molecule has 2 bridgehead atoms. The highest BCUT2D eigenvalue weighted by atomic mass is 15.3. The van der Waals surface area contributed by atoms with Gasteiger partial charge in [-0.1, -0.05) is 30.3 Å². The van der Waals surface area contributed by atoms with Crippen LogP contribution in [-0.4, -0.2) is 47.9 Å². The summed E-state index contributed by atoms with van der Waals surface area (Å²) in [7, 11) is 2.25. The van der Waals surface area contributed by atoms with Gasteiger partial charge in [0.05, 0.1) is 0 Å². The predicted molar refractivity (Wildman–Crippen MR) is 74.0 cm³/mol. The van der Waals surface area contributed by atoms with Crippen LogP contribution in [0.15, 0.2) is 30.3 Å². The summed E-state index contributed by atoms with van der Waals surface area (Å²) in [5, 5.41) is 8.37. The summed E-state index contributed by atoms with van der Waals surface area (Å²) in [6, 6.07) is 11.5. The van der Waals surface area contributed by atoms with E-state index in [9.17, 15) is 0 Å². The van der Waals surface area contributed by atoms with E-state index in [1.165, 1.54) is 19.3 Å². The van der Waals surface area contributed by atoms with E-state index in [4.69, 9.17) is 5.41 Å². The molecule has 3 heteroatoms. The molecule has 2 saturated heterocycles. The molecule has 1 aromatic rings. The van der Waals surface area contributed by atoms with Crippen LogP contribution in [0.2, 0.25) is 0 Å². The van der Waals surface area contributed by atoms with Crippen molar-refractivity contribution < 1.29 is 0 Å². The molecule has 0 saturated carbocycles. The smallest absolute Gasteiger partial charge is 0.128 e. The normalized spacial score (nSPS) is 28.2. The van der Waals surface area contributed by atoms with E-state index in [-0.39, 0.29) is 0 Å². The van der Waals surface area contributed by atoms with Gasteiger partial charge in [-0.05, 0) is 26.3 Å². The van der Waals surface area contributed by atoms with Gasteiger partial charge in [0.2, 0.25) is 0 Å². The standard InChI is InChI=1S/C15H21N3/c1-17-13-7-8-14(17)11-18(10-9-13)15(16)12-5-3-2-4-6-12/h2-6,13-14,16H,7-11H2,1H3. The molecular formula is C15H21N3. The summed E-state index contributed by atoms with van der Waals surface area (Å²) in [6.45, 7) is 2.04. The third kappa shape index (κ3) is 2.03. The van der Waals surface area contributed by atoms with Crippen LogP contribution in [0, 0.1) is 5.41 Å². The molecule has 0 aliphatic carbocycles. The number of likely N-dealkylation sites (tertiary alicyclic amines) is 1. The molecule has 0 radical (unpaired) electrons. The van der Waals surface area contributed by atoms with Crippen molar-refractivity contribution in [1.29, 1.82) is 5.41 Å². The Hall–Kier alpha value is -1.35. The lowest BCUT2D eigenvalue weighted by Gasteiger charge is -2.27. The van der Waals surface area contributed by atoms with Crippen LogP contribution in [0.1, 0.15) is 24.8 Å². The predicted octanol–water partition coefficient (Wildman–Crippen LogP) is 2.18. The summed E-state index contributed by atoms with van der Waals surface area (Å²) in [6.07, 6.45) is 3.83. The van der Waals surface area contributed by atoms with Gasteiger partial charge < -0.3 is 4.90 Å². The zero-order chi connectivity index (χ0) is 12.5. The SMILES string of the molecule is CN1C2CCC1CN(C(=N)c1ccccc1)CC2. The average molecular weight is 243 g/mol. The van der Waals surface area contributed by atoms with Gasteiger partial charge in [-0.15, -0.1) is 0 Å². The number of benzene rings is 1. The van der Waals surface area contributed by atoms with Crippen LogP contribution in [0.5, 0.6) is 0 Å². The van der Waals surface area contributed by atoms with Crippen LogP contribution in [0.4, 0.5) is 0 Å². The number of nitrogens with zero attached hydrogens (tertiary/aromatic N) is 2.